The molecule has 1 heterocycles. The van der Waals surface area contributed by atoms with Gasteiger partial charge in [0.2, 0.25) is 0 Å². The molecule has 3 heteroatoms. The van der Waals surface area contributed by atoms with Crippen molar-refractivity contribution in [2.45, 2.75) is 31.8 Å². The second-order valence-electron chi connectivity index (χ2n) is 5.47. The monoisotopic (exact) mass is 295 g/mol. The van der Waals surface area contributed by atoms with Gasteiger partial charge in [-0.3, -0.25) is 4.99 Å². The van der Waals surface area contributed by atoms with E-state index in [-0.39, 0.29) is 12.1 Å². The van der Waals surface area contributed by atoms with Gasteiger partial charge in [0.25, 0.3) is 0 Å². The molecule has 0 bridgehead atoms. The molecule has 1 aliphatic heterocycles. The van der Waals surface area contributed by atoms with E-state index in [0.717, 1.165) is 6.42 Å². The van der Waals surface area contributed by atoms with E-state index in [1.54, 1.807) is 0 Å². The van der Waals surface area contributed by atoms with Crippen molar-refractivity contribution in [3.8, 4) is 0 Å². The van der Waals surface area contributed by atoms with Gasteiger partial charge in [0.1, 0.15) is 0 Å². The molecule has 0 saturated carbocycles. The molecule has 0 spiro atoms. The Morgan fingerprint density at radius 1 is 0.864 bits per heavy atom. The third-order valence-electron chi connectivity index (χ3n) is 3.77. The standard InChI is InChI=1S/C19H21NO2/c1-3-7-16(8-4-1)13-21-15-18-19(11-12-20-18)22-14-17-9-5-2-6-10-17/h1-10,12,18-19H,11,13-15H2/t18-,19-/m0/s1. The minimum Gasteiger partial charge on any atom is -0.374 e. The fourth-order valence-electron chi connectivity index (χ4n) is 2.53. The number of aliphatic imine (C=N–C) groups is 1. The summed E-state index contributed by atoms with van der Waals surface area (Å²) in [5, 5.41) is 0. The molecule has 2 aromatic carbocycles. The van der Waals surface area contributed by atoms with Crippen LogP contribution in [0.2, 0.25) is 0 Å². The maximum absolute atomic E-state index is 6.00. The van der Waals surface area contributed by atoms with Crippen LogP contribution >= 0.6 is 0 Å². The predicted octanol–water partition coefficient (Wildman–Crippen LogP) is 3.63. The Bertz CT molecular complexity index is 583. The van der Waals surface area contributed by atoms with E-state index in [2.05, 4.69) is 29.3 Å². The second kappa shape index (κ2) is 7.87. The summed E-state index contributed by atoms with van der Waals surface area (Å²) in [6.45, 7) is 1.85. The van der Waals surface area contributed by atoms with Crippen LogP contribution in [0.25, 0.3) is 0 Å². The van der Waals surface area contributed by atoms with Crippen molar-refractivity contribution in [2.24, 2.45) is 4.99 Å². The highest BCUT2D eigenvalue weighted by atomic mass is 16.5. The van der Waals surface area contributed by atoms with Crippen molar-refractivity contribution in [3.05, 3.63) is 71.8 Å². The molecule has 0 aromatic heterocycles. The number of nitrogens with zero attached hydrogens (tertiary/aromatic N) is 1. The van der Waals surface area contributed by atoms with Gasteiger partial charge in [-0.1, -0.05) is 60.7 Å². The van der Waals surface area contributed by atoms with Crippen LogP contribution in [0.5, 0.6) is 0 Å². The van der Waals surface area contributed by atoms with E-state index in [9.17, 15) is 0 Å². The molecule has 0 unspecified atom stereocenters. The fourth-order valence-corrected chi connectivity index (χ4v) is 2.53. The first-order chi connectivity index (χ1) is 10.9. The Labute approximate surface area is 131 Å². The Hall–Kier alpha value is -1.97. The number of rotatable bonds is 7. The average Bonchev–Trinajstić information content (AvgIpc) is 3.02. The maximum Gasteiger partial charge on any atom is 0.0994 e. The number of ether oxygens (including phenoxy) is 2. The lowest BCUT2D eigenvalue weighted by Crippen LogP contribution is -2.28. The topological polar surface area (TPSA) is 30.8 Å². The van der Waals surface area contributed by atoms with Gasteiger partial charge in [0.15, 0.2) is 0 Å². The molecule has 22 heavy (non-hydrogen) atoms. The molecule has 0 amide bonds. The summed E-state index contributed by atoms with van der Waals surface area (Å²) in [6, 6.07) is 20.6. The van der Waals surface area contributed by atoms with Crippen molar-refractivity contribution in [2.75, 3.05) is 6.61 Å². The minimum absolute atomic E-state index is 0.104. The van der Waals surface area contributed by atoms with Crippen molar-refractivity contribution in [1.82, 2.24) is 0 Å². The Morgan fingerprint density at radius 2 is 1.50 bits per heavy atom. The molecule has 3 nitrogen and oxygen atoms in total. The molecule has 2 aromatic rings. The van der Waals surface area contributed by atoms with Crippen LogP contribution in [0.15, 0.2) is 65.7 Å². The van der Waals surface area contributed by atoms with Gasteiger partial charge in [-0.2, -0.15) is 0 Å². The van der Waals surface area contributed by atoms with E-state index in [4.69, 9.17) is 9.47 Å². The zero-order chi connectivity index (χ0) is 15.0. The van der Waals surface area contributed by atoms with Crippen LogP contribution in [0.3, 0.4) is 0 Å². The average molecular weight is 295 g/mol. The minimum atomic E-state index is 0.104. The van der Waals surface area contributed by atoms with Crippen LogP contribution in [0, 0.1) is 0 Å². The predicted molar refractivity (Wildman–Crippen MR) is 88.0 cm³/mol. The lowest BCUT2D eigenvalue weighted by atomic mass is 10.1. The number of hydrogen-bond acceptors (Lipinski definition) is 3. The summed E-state index contributed by atoms with van der Waals surface area (Å²) in [5.74, 6) is 0. The molecule has 1 aliphatic rings. The highest BCUT2D eigenvalue weighted by molar-refractivity contribution is 5.61. The van der Waals surface area contributed by atoms with E-state index >= 15 is 0 Å². The molecule has 0 fully saturated rings. The van der Waals surface area contributed by atoms with Crippen LogP contribution in [0.4, 0.5) is 0 Å². The first-order valence-electron chi connectivity index (χ1n) is 7.70. The Morgan fingerprint density at radius 3 is 2.18 bits per heavy atom. The van der Waals surface area contributed by atoms with Gasteiger partial charge in [-0.05, 0) is 11.1 Å². The summed E-state index contributed by atoms with van der Waals surface area (Å²) in [5.41, 5.74) is 2.38. The lowest BCUT2D eigenvalue weighted by molar-refractivity contribution is 0.00491. The van der Waals surface area contributed by atoms with E-state index in [1.807, 2.05) is 42.6 Å². The Kier molecular flexibility index (Phi) is 5.35. The van der Waals surface area contributed by atoms with E-state index in [1.165, 1.54) is 11.1 Å². The SMILES string of the molecule is C1=N[C@@H](COCc2ccccc2)[C@@H](OCc2ccccc2)C1. The smallest absolute Gasteiger partial charge is 0.0994 e. The first kappa shape index (κ1) is 14.9. The van der Waals surface area contributed by atoms with Gasteiger partial charge in [-0.15, -0.1) is 0 Å². The van der Waals surface area contributed by atoms with Gasteiger partial charge < -0.3 is 9.47 Å². The van der Waals surface area contributed by atoms with Crippen molar-refractivity contribution in [1.29, 1.82) is 0 Å². The normalized spacial score (nSPS) is 20.4. The third-order valence-corrected chi connectivity index (χ3v) is 3.77. The third kappa shape index (κ3) is 4.26. The van der Waals surface area contributed by atoms with E-state index in [0.29, 0.717) is 19.8 Å². The molecule has 0 radical (unpaired) electrons. The summed E-state index contributed by atoms with van der Waals surface area (Å²) in [6.07, 6.45) is 2.94. The van der Waals surface area contributed by atoms with Gasteiger partial charge in [-0.25, -0.2) is 0 Å². The number of hydrogen-bond donors (Lipinski definition) is 0. The number of benzene rings is 2. The van der Waals surface area contributed by atoms with Crippen molar-refractivity contribution < 1.29 is 9.47 Å². The lowest BCUT2D eigenvalue weighted by Gasteiger charge is -2.19. The zero-order valence-electron chi connectivity index (χ0n) is 12.6. The summed E-state index contributed by atoms with van der Waals surface area (Å²) in [4.78, 5) is 4.49. The largest absolute Gasteiger partial charge is 0.374 e. The summed E-state index contributed by atoms with van der Waals surface area (Å²) in [7, 11) is 0. The molecular weight excluding hydrogens is 274 g/mol. The van der Waals surface area contributed by atoms with Crippen LogP contribution in [-0.4, -0.2) is 25.0 Å². The molecule has 0 saturated heterocycles. The molecule has 114 valence electrons. The summed E-state index contributed by atoms with van der Waals surface area (Å²) >= 11 is 0. The van der Waals surface area contributed by atoms with Gasteiger partial charge in [0, 0.05) is 12.6 Å². The Balaban J connectivity index is 1.43. The highest BCUT2D eigenvalue weighted by Gasteiger charge is 2.25. The van der Waals surface area contributed by atoms with Crippen molar-refractivity contribution in [3.63, 3.8) is 0 Å². The van der Waals surface area contributed by atoms with Crippen molar-refractivity contribution >= 4 is 6.21 Å². The van der Waals surface area contributed by atoms with Crippen LogP contribution in [0.1, 0.15) is 17.5 Å². The molecule has 2 atom stereocenters. The second-order valence-corrected chi connectivity index (χ2v) is 5.47. The molecule has 0 aliphatic carbocycles. The highest BCUT2D eigenvalue weighted by Crippen LogP contribution is 2.17. The first-order valence-corrected chi connectivity index (χ1v) is 7.70. The van der Waals surface area contributed by atoms with Crippen LogP contribution < -0.4 is 0 Å². The van der Waals surface area contributed by atoms with E-state index < -0.39 is 0 Å². The summed E-state index contributed by atoms with van der Waals surface area (Å²) < 4.78 is 11.8. The molecular formula is C19H21NO2. The fraction of sp³-hybridized carbons (Fsp3) is 0.316. The zero-order valence-corrected chi connectivity index (χ0v) is 12.6. The van der Waals surface area contributed by atoms with Gasteiger partial charge >= 0.3 is 0 Å². The maximum atomic E-state index is 6.00. The van der Waals surface area contributed by atoms with Crippen LogP contribution in [-0.2, 0) is 22.7 Å². The quantitative estimate of drug-likeness (QED) is 0.781. The molecule has 3 rings (SSSR count). The van der Waals surface area contributed by atoms with Gasteiger partial charge in [0.05, 0.1) is 32.0 Å². The molecule has 0 N–H and O–H groups in total.